The molecule has 0 aliphatic heterocycles. The topological polar surface area (TPSA) is 20.3 Å². The molecule has 0 radical (unpaired) electrons. The molecule has 0 N–H and O–H groups in total. The Balaban J connectivity index is 0.000000244. The van der Waals surface area contributed by atoms with Crippen LogP contribution in [0.15, 0.2) is 182 Å². The van der Waals surface area contributed by atoms with Crippen LogP contribution in [-0.2, 0) is 57.7 Å². The first-order chi connectivity index (χ1) is 31.3. The second-order valence-corrected chi connectivity index (χ2v) is 19.6. The van der Waals surface area contributed by atoms with Gasteiger partial charge in [0.15, 0.2) is 0 Å². The summed E-state index contributed by atoms with van der Waals surface area (Å²) in [6, 6.07) is 43.1. The van der Waals surface area contributed by atoms with Crippen LogP contribution in [0.3, 0.4) is 0 Å². The van der Waals surface area contributed by atoms with Crippen LogP contribution in [0.4, 0.5) is 58.4 Å². The molecule has 0 aliphatic carbocycles. The lowest BCUT2D eigenvalue weighted by Crippen LogP contribution is -2.74. The van der Waals surface area contributed by atoms with Crippen molar-refractivity contribution in [2.24, 2.45) is 0 Å². The second-order valence-electron chi connectivity index (χ2n) is 16.4. The Morgan fingerprint density at radius 1 is 0.373 bits per heavy atom. The molecule has 0 aliphatic rings. The molecular formula is C51H42BF12NOS. The van der Waals surface area contributed by atoms with Gasteiger partial charge in [-0.2, -0.15) is 74.5 Å². The molecule has 0 saturated heterocycles. The summed E-state index contributed by atoms with van der Waals surface area (Å²) in [6.07, 6.45) is -18.4. The highest BCUT2D eigenvalue weighted by atomic mass is 32.2. The van der Waals surface area contributed by atoms with E-state index in [2.05, 4.69) is 77.7 Å². The highest BCUT2D eigenvalue weighted by molar-refractivity contribution is 8.00. The van der Waals surface area contributed by atoms with E-state index in [1.54, 1.807) is 0 Å². The van der Waals surface area contributed by atoms with Gasteiger partial charge in [-0.25, -0.2) is 0 Å². The molecule has 0 bridgehead atoms. The smallest absolute Gasteiger partial charge is 0.363 e. The molecular weight excluding hydrogens is 913 g/mol. The molecule has 0 spiro atoms. The lowest BCUT2D eigenvalue weighted by atomic mass is 9.13. The van der Waals surface area contributed by atoms with Crippen LogP contribution >= 0.6 is 0 Å². The molecule has 0 amide bonds. The van der Waals surface area contributed by atoms with Crippen LogP contribution in [-0.4, -0.2) is 18.7 Å². The van der Waals surface area contributed by atoms with Gasteiger partial charge in [0.1, 0.15) is 24.4 Å². The van der Waals surface area contributed by atoms with E-state index < -0.39 is 63.0 Å². The summed E-state index contributed by atoms with van der Waals surface area (Å²) in [5.74, 6) is 0.630. The predicted molar refractivity (Wildman–Crippen MR) is 243 cm³/mol. The standard InChI is InChI=1S/C28H16BF12.C23H26NOS/c30-25(31,32)17-1-9-21(10-2-17)29(22-11-3-18(4-12-22)26(33,34)35,23-13-5-19(6-14-23)27(36,37)38)24-15-7-20(8-16-24)28(39,40)41;1-26(2,25)19-22-13-15-23(16-14-22)24(17-20-9-5-3-6-10-20)18-21-11-7-4-8-12-21/h1-16H;3-16H,17-19H2,1-2H3/q-1;+1. The van der Waals surface area contributed by atoms with Crippen LogP contribution in [0.2, 0.25) is 0 Å². The quantitative estimate of drug-likeness (QED) is 0.0732. The minimum absolute atomic E-state index is 0.0114. The van der Waals surface area contributed by atoms with Gasteiger partial charge in [0, 0.05) is 24.3 Å². The molecule has 7 aromatic rings. The maximum atomic E-state index is 13.3. The Bertz CT molecular complexity index is 2440. The maximum absolute atomic E-state index is 13.3. The molecule has 0 fully saturated rings. The predicted octanol–water partition coefficient (Wildman–Crippen LogP) is 12.3. The molecule has 0 atom stereocenters. The van der Waals surface area contributed by atoms with Crippen molar-refractivity contribution < 1.29 is 56.9 Å². The van der Waals surface area contributed by atoms with Crippen molar-refractivity contribution in [3.05, 3.63) is 221 Å². The van der Waals surface area contributed by atoms with E-state index in [9.17, 15) is 56.9 Å². The van der Waals surface area contributed by atoms with E-state index in [-0.39, 0.29) is 21.9 Å². The Hall–Kier alpha value is -6.29. The Morgan fingerprint density at radius 3 is 0.881 bits per heavy atom. The molecule has 67 heavy (non-hydrogen) atoms. The summed E-state index contributed by atoms with van der Waals surface area (Å²) in [5.41, 5.74) is 0.593. The van der Waals surface area contributed by atoms with Crippen molar-refractivity contribution in [2.75, 3.05) is 17.4 Å². The van der Waals surface area contributed by atoms with Crippen molar-refractivity contribution in [3.8, 4) is 0 Å². The van der Waals surface area contributed by atoms with E-state index in [1.165, 1.54) is 16.8 Å². The van der Waals surface area contributed by atoms with Crippen molar-refractivity contribution in [2.45, 2.75) is 43.5 Å². The van der Waals surface area contributed by atoms with Crippen molar-refractivity contribution in [1.29, 1.82) is 0 Å². The zero-order chi connectivity index (χ0) is 48.8. The number of hydrogen-bond acceptors (Lipinski definition) is 2. The minimum Gasteiger partial charge on any atom is -0.363 e. The van der Waals surface area contributed by atoms with E-state index >= 15 is 0 Å². The van der Waals surface area contributed by atoms with Gasteiger partial charge < -0.3 is 4.90 Å². The van der Waals surface area contributed by atoms with E-state index in [0.717, 1.165) is 67.2 Å². The number of rotatable bonds is 11. The molecule has 7 rings (SSSR count). The lowest BCUT2D eigenvalue weighted by Gasteiger charge is -2.44. The first kappa shape index (κ1) is 50.1. The Kier molecular flexibility index (Phi) is 14.9. The number of halogens is 12. The number of benzene rings is 7. The van der Waals surface area contributed by atoms with Crippen molar-refractivity contribution in [1.82, 2.24) is 0 Å². The van der Waals surface area contributed by atoms with Crippen molar-refractivity contribution in [3.63, 3.8) is 0 Å². The third-order valence-corrected chi connectivity index (χ3v) is 12.2. The first-order valence-electron chi connectivity index (χ1n) is 20.5. The highest BCUT2D eigenvalue weighted by Gasteiger charge is 2.38. The average molecular weight is 956 g/mol. The summed E-state index contributed by atoms with van der Waals surface area (Å²) >= 11 is 0. The highest BCUT2D eigenvalue weighted by Crippen LogP contribution is 2.33. The minimum atomic E-state index is -4.77. The van der Waals surface area contributed by atoms with E-state index in [4.69, 9.17) is 0 Å². The van der Waals surface area contributed by atoms with Gasteiger partial charge in [-0.15, -0.1) is 4.21 Å². The fourth-order valence-electron chi connectivity index (χ4n) is 8.05. The van der Waals surface area contributed by atoms with Gasteiger partial charge in [0.25, 0.3) is 0 Å². The fourth-order valence-corrected chi connectivity index (χ4v) is 9.04. The second kappa shape index (κ2) is 19.9. The third-order valence-electron chi connectivity index (χ3n) is 11.2. The summed E-state index contributed by atoms with van der Waals surface area (Å²) in [6.45, 7) is 1.71. The van der Waals surface area contributed by atoms with E-state index in [1.807, 2.05) is 24.6 Å². The molecule has 0 unspecified atom stereocenters. The number of hydrogen-bond donors (Lipinski definition) is 0. The Morgan fingerprint density at radius 2 is 0.642 bits per heavy atom. The molecule has 2 nitrogen and oxygen atoms in total. The van der Waals surface area contributed by atoms with Gasteiger partial charge in [0.2, 0.25) is 0 Å². The third kappa shape index (κ3) is 12.8. The molecule has 0 heterocycles. The maximum Gasteiger partial charge on any atom is 0.416 e. The van der Waals surface area contributed by atoms with Gasteiger partial charge in [-0.3, -0.25) is 0 Å². The summed E-state index contributed by atoms with van der Waals surface area (Å²) in [5, 5.41) is 0. The van der Waals surface area contributed by atoms with Crippen LogP contribution in [0.5, 0.6) is 0 Å². The van der Waals surface area contributed by atoms with Crippen molar-refractivity contribution >= 4 is 43.6 Å². The van der Waals surface area contributed by atoms with Crippen LogP contribution in [0.1, 0.15) is 38.9 Å². The normalized spacial score (nSPS) is 12.6. The fraction of sp³-hybridized carbons (Fsp3) is 0.176. The zero-order valence-corrected chi connectivity index (χ0v) is 36.6. The monoisotopic (exact) mass is 955 g/mol. The van der Waals surface area contributed by atoms with Crippen LogP contribution < -0.4 is 26.8 Å². The lowest BCUT2D eigenvalue weighted by molar-refractivity contribution is -0.138. The van der Waals surface area contributed by atoms with E-state index in [0.29, 0.717) is 54.3 Å². The molecule has 350 valence electrons. The van der Waals surface area contributed by atoms with Gasteiger partial charge in [-0.1, -0.05) is 170 Å². The summed E-state index contributed by atoms with van der Waals surface area (Å²) in [7, 11) is -1.77. The van der Waals surface area contributed by atoms with Crippen LogP contribution in [0.25, 0.3) is 0 Å². The van der Waals surface area contributed by atoms with Crippen LogP contribution in [0, 0.1) is 0 Å². The van der Waals surface area contributed by atoms with Gasteiger partial charge >= 0.3 is 24.7 Å². The molecule has 0 saturated carbocycles. The number of nitrogens with zero attached hydrogens (tertiary/aromatic N) is 1. The summed E-state index contributed by atoms with van der Waals surface area (Å²) in [4.78, 5) is 2.38. The zero-order valence-electron chi connectivity index (χ0n) is 35.8. The SMILES string of the molecule is C[S+](C)(=O)Cc1ccc(N(Cc2ccccc2)Cc2ccccc2)cc1.FC(F)(F)c1ccc([B-](c2ccc(C(F)(F)F)cc2)(c2ccc(C(F)(F)F)cc2)c2ccc(C(F)(F)F)cc2)cc1. The number of alkyl halides is 12. The molecule has 7 aromatic carbocycles. The first-order valence-corrected chi connectivity index (χ1v) is 23.1. The summed E-state index contributed by atoms with van der Waals surface area (Å²) < 4.78 is 172. The number of anilines is 1. The molecule has 0 aromatic heterocycles. The Labute approximate surface area is 381 Å². The largest absolute Gasteiger partial charge is 0.416 e. The average Bonchev–Trinajstić information content (AvgIpc) is 3.27. The van der Waals surface area contributed by atoms with Gasteiger partial charge in [0.05, 0.1) is 32.2 Å². The van der Waals surface area contributed by atoms with Gasteiger partial charge in [-0.05, 0) is 23.3 Å². The molecule has 16 heteroatoms.